The molecular formula is C12H10N2O2. The summed E-state index contributed by atoms with van der Waals surface area (Å²) in [6.07, 6.45) is 1.67. The molecule has 4 heteroatoms. The zero-order valence-electron chi connectivity index (χ0n) is 8.49. The predicted octanol–water partition coefficient (Wildman–Crippen LogP) is 1.97. The van der Waals surface area contributed by atoms with Crippen molar-refractivity contribution < 1.29 is 9.21 Å². The fraction of sp³-hybridized carbons (Fsp3) is 0.0833. The summed E-state index contributed by atoms with van der Waals surface area (Å²) in [7, 11) is 0. The van der Waals surface area contributed by atoms with E-state index in [4.69, 9.17) is 10.2 Å². The van der Waals surface area contributed by atoms with Crippen molar-refractivity contribution in [2.24, 2.45) is 5.73 Å². The molecule has 1 aromatic heterocycles. The highest BCUT2D eigenvalue weighted by Crippen LogP contribution is 2.36. The van der Waals surface area contributed by atoms with E-state index in [9.17, 15) is 4.79 Å². The van der Waals surface area contributed by atoms with Gasteiger partial charge in [0.05, 0.1) is 6.26 Å². The number of rotatable bonds is 1. The Morgan fingerprint density at radius 1 is 1.38 bits per heavy atom. The van der Waals surface area contributed by atoms with Crippen molar-refractivity contribution in [3.8, 4) is 11.3 Å². The maximum absolute atomic E-state index is 11.1. The lowest BCUT2D eigenvalue weighted by Gasteiger charge is -2.17. The first kappa shape index (κ1) is 9.03. The molecular weight excluding hydrogens is 204 g/mol. The molecule has 0 aliphatic carbocycles. The van der Waals surface area contributed by atoms with Crippen LogP contribution in [0.5, 0.6) is 0 Å². The van der Waals surface area contributed by atoms with E-state index >= 15 is 0 Å². The summed E-state index contributed by atoms with van der Waals surface area (Å²) in [5, 5.41) is 3.23. The second-order valence-electron chi connectivity index (χ2n) is 3.75. The Morgan fingerprint density at radius 3 is 3.06 bits per heavy atom. The number of hydrogen-bond acceptors (Lipinski definition) is 3. The number of anilines is 1. The van der Waals surface area contributed by atoms with Crippen LogP contribution in [0, 0.1) is 0 Å². The second-order valence-corrected chi connectivity index (χ2v) is 3.75. The zero-order valence-corrected chi connectivity index (χ0v) is 8.49. The number of nitrogens with one attached hydrogen (secondary N) is 1. The molecule has 2 aromatic rings. The molecule has 0 unspecified atom stereocenters. The fourth-order valence-electron chi connectivity index (χ4n) is 1.94. The SMILES string of the molecule is NC(=O)c1ccc2c(c1)NCc1ccoc1-2. The molecule has 1 aliphatic heterocycles. The molecule has 0 saturated carbocycles. The van der Waals surface area contributed by atoms with Crippen molar-refractivity contribution in [1.82, 2.24) is 0 Å². The van der Waals surface area contributed by atoms with Gasteiger partial charge >= 0.3 is 0 Å². The number of carbonyl (C=O) groups excluding carboxylic acids is 1. The number of primary amides is 1. The molecule has 1 aliphatic rings. The molecule has 2 heterocycles. The molecule has 0 radical (unpaired) electrons. The third kappa shape index (κ3) is 1.20. The molecule has 0 bridgehead atoms. The summed E-state index contributed by atoms with van der Waals surface area (Å²) < 4.78 is 5.43. The van der Waals surface area contributed by atoms with Crippen LogP contribution in [0.25, 0.3) is 11.3 Å². The van der Waals surface area contributed by atoms with Gasteiger partial charge in [0.1, 0.15) is 5.76 Å². The highest BCUT2D eigenvalue weighted by Gasteiger charge is 2.19. The largest absolute Gasteiger partial charge is 0.464 e. The Hall–Kier alpha value is -2.23. The molecule has 16 heavy (non-hydrogen) atoms. The minimum atomic E-state index is -0.421. The van der Waals surface area contributed by atoms with Gasteiger partial charge < -0.3 is 15.5 Å². The van der Waals surface area contributed by atoms with Crippen molar-refractivity contribution in [2.75, 3.05) is 5.32 Å². The monoisotopic (exact) mass is 214 g/mol. The lowest BCUT2D eigenvalue weighted by molar-refractivity contribution is 0.100. The first-order valence-corrected chi connectivity index (χ1v) is 5.00. The first-order valence-electron chi connectivity index (χ1n) is 5.00. The van der Waals surface area contributed by atoms with E-state index in [1.807, 2.05) is 12.1 Å². The normalized spacial score (nSPS) is 12.5. The Kier molecular flexibility index (Phi) is 1.77. The van der Waals surface area contributed by atoms with Crippen LogP contribution >= 0.6 is 0 Å². The number of fused-ring (bicyclic) bond motifs is 3. The molecule has 4 nitrogen and oxygen atoms in total. The number of hydrogen-bond donors (Lipinski definition) is 2. The van der Waals surface area contributed by atoms with Crippen LogP contribution in [0.4, 0.5) is 5.69 Å². The van der Waals surface area contributed by atoms with Crippen molar-refractivity contribution in [3.05, 3.63) is 41.7 Å². The molecule has 0 saturated heterocycles. The minimum absolute atomic E-state index is 0.421. The van der Waals surface area contributed by atoms with E-state index in [0.717, 1.165) is 22.6 Å². The average Bonchev–Trinajstić information content (AvgIpc) is 2.76. The summed E-state index contributed by atoms with van der Waals surface area (Å²) in [5.41, 5.74) is 8.71. The fourth-order valence-corrected chi connectivity index (χ4v) is 1.94. The average molecular weight is 214 g/mol. The third-order valence-corrected chi connectivity index (χ3v) is 2.76. The summed E-state index contributed by atoms with van der Waals surface area (Å²) in [5.74, 6) is 0.444. The van der Waals surface area contributed by atoms with Gasteiger partial charge in [-0.25, -0.2) is 0 Å². The summed E-state index contributed by atoms with van der Waals surface area (Å²) in [6, 6.07) is 7.25. The highest BCUT2D eigenvalue weighted by atomic mass is 16.3. The number of carbonyl (C=O) groups is 1. The zero-order chi connectivity index (χ0) is 11.1. The van der Waals surface area contributed by atoms with E-state index in [1.54, 1.807) is 18.4 Å². The number of benzene rings is 1. The van der Waals surface area contributed by atoms with Gasteiger partial charge in [0.15, 0.2) is 0 Å². The van der Waals surface area contributed by atoms with Crippen molar-refractivity contribution in [2.45, 2.75) is 6.54 Å². The molecule has 0 atom stereocenters. The minimum Gasteiger partial charge on any atom is -0.464 e. The van der Waals surface area contributed by atoms with E-state index < -0.39 is 5.91 Å². The number of amides is 1. The number of furan rings is 1. The van der Waals surface area contributed by atoms with Gasteiger partial charge in [0.2, 0.25) is 5.91 Å². The molecule has 1 aromatic carbocycles. The molecule has 3 N–H and O–H groups in total. The van der Waals surface area contributed by atoms with Crippen molar-refractivity contribution in [1.29, 1.82) is 0 Å². The quantitative estimate of drug-likeness (QED) is 0.762. The Balaban J connectivity index is 2.17. The van der Waals surface area contributed by atoms with Gasteiger partial charge in [0.25, 0.3) is 0 Å². The van der Waals surface area contributed by atoms with Gasteiger partial charge in [-0.3, -0.25) is 4.79 Å². The van der Waals surface area contributed by atoms with Gasteiger partial charge in [-0.15, -0.1) is 0 Å². The third-order valence-electron chi connectivity index (χ3n) is 2.76. The van der Waals surface area contributed by atoms with Crippen molar-refractivity contribution >= 4 is 11.6 Å². The van der Waals surface area contributed by atoms with E-state index in [-0.39, 0.29) is 0 Å². The highest BCUT2D eigenvalue weighted by molar-refractivity contribution is 5.95. The van der Waals surface area contributed by atoms with Gasteiger partial charge in [-0.1, -0.05) is 0 Å². The van der Waals surface area contributed by atoms with Crippen LogP contribution < -0.4 is 11.1 Å². The maximum Gasteiger partial charge on any atom is 0.248 e. The van der Waals surface area contributed by atoms with Crippen molar-refractivity contribution in [3.63, 3.8) is 0 Å². The molecule has 80 valence electrons. The lowest BCUT2D eigenvalue weighted by atomic mass is 10.0. The van der Waals surface area contributed by atoms with Crippen LogP contribution in [0.2, 0.25) is 0 Å². The van der Waals surface area contributed by atoms with Crippen LogP contribution in [-0.4, -0.2) is 5.91 Å². The first-order chi connectivity index (χ1) is 7.75. The second kappa shape index (κ2) is 3.13. The Labute approximate surface area is 92.1 Å². The molecule has 0 fully saturated rings. The van der Waals surface area contributed by atoms with Crippen LogP contribution in [-0.2, 0) is 6.54 Å². The van der Waals surface area contributed by atoms with Gasteiger partial charge in [-0.05, 0) is 24.3 Å². The van der Waals surface area contributed by atoms with Crippen LogP contribution in [0.3, 0.4) is 0 Å². The van der Waals surface area contributed by atoms with Gasteiger partial charge in [0, 0.05) is 28.9 Å². The Bertz CT molecular complexity index is 572. The van der Waals surface area contributed by atoms with E-state index in [2.05, 4.69) is 5.32 Å². The van der Waals surface area contributed by atoms with E-state index in [0.29, 0.717) is 12.1 Å². The summed E-state index contributed by atoms with van der Waals surface area (Å²) >= 11 is 0. The smallest absolute Gasteiger partial charge is 0.248 e. The van der Waals surface area contributed by atoms with Crippen LogP contribution in [0.15, 0.2) is 34.9 Å². The predicted molar refractivity (Wildman–Crippen MR) is 60.0 cm³/mol. The summed E-state index contributed by atoms with van der Waals surface area (Å²) in [6.45, 7) is 0.709. The number of nitrogens with two attached hydrogens (primary N) is 1. The molecule has 1 amide bonds. The lowest BCUT2D eigenvalue weighted by Crippen LogP contribution is -2.13. The van der Waals surface area contributed by atoms with Crippen LogP contribution in [0.1, 0.15) is 15.9 Å². The van der Waals surface area contributed by atoms with Gasteiger partial charge in [-0.2, -0.15) is 0 Å². The summed E-state index contributed by atoms with van der Waals surface area (Å²) in [4.78, 5) is 11.1. The molecule has 0 spiro atoms. The molecule has 3 rings (SSSR count). The van der Waals surface area contributed by atoms with E-state index in [1.165, 1.54) is 0 Å². The Morgan fingerprint density at radius 2 is 2.25 bits per heavy atom. The topological polar surface area (TPSA) is 68.3 Å². The maximum atomic E-state index is 11.1. The standard InChI is InChI=1S/C12H10N2O2/c13-12(15)7-1-2-9-10(5-7)14-6-8-3-4-16-11(8)9/h1-5,14H,6H2,(H2,13,15).